The standard InChI is InChI=1S/C43H39N7O5/c44-43-47-40-39(45-25-46-40)41(48-43)54-24-27-7-5-26(6-8-27)9-16-35(51)28-10-13-31(42(52)53)34(21-28)38-32-14-11-29(49-17-1-2-18-49)22-36(32)55-37-23-30(12-15-33(37)38)50-19-3-4-20-50/h5-8,10-15,21-23,25H,1-4,9,16-20,24H2,(H3-,44,45,46,47,48,52,53)/p+1/i1D2,2D2,3D2,4D2,17D2,18D2,19D2,20D2. The fourth-order valence-corrected chi connectivity index (χ4v) is 6.48. The molecular weight excluding hydrogens is 695 g/mol. The van der Waals surface area contributed by atoms with E-state index >= 15 is 0 Å². The molecule has 12 nitrogen and oxygen atoms in total. The summed E-state index contributed by atoms with van der Waals surface area (Å²) in [6, 6.07) is 18.1. The number of Topliss-reactive ketones (excluding diaryl/α,β-unsaturated/α-hetero) is 1. The summed E-state index contributed by atoms with van der Waals surface area (Å²) in [7, 11) is 0. The monoisotopic (exact) mass is 750 g/mol. The number of nitrogen functional groups attached to an aromatic ring is 1. The molecule has 0 bridgehead atoms. The number of carbonyl (C=O) groups is 2. The number of carboxylic acid groups (broad SMARTS) is 1. The van der Waals surface area contributed by atoms with Gasteiger partial charge >= 0.3 is 5.97 Å². The van der Waals surface area contributed by atoms with E-state index in [1.807, 2.05) is 12.1 Å². The Morgan fingerprint density at radius 3 is 2.53 bits per heavy atom. The van der Waals surface area contributed by atoms with Crippen molar-refractivity contribution in [1.29, 1.82) is 0 Å². The van der Waals surface area contributed by atoms with Crippen LogP contribution >= 0.6 is 0 Å². The molecule has 276 valence electrons. The van der Waals surface area contributed by atoms with Crippen LogP contribution in [0.1, 0.15) is 85.7 Å². The first-order valence-electron chi connectivity index (χ1n) is 24.9. The van der Waals surface area contributed by atoms with Crippen molar-refractivity contribution in [2.45, 2.75) is 44.9 Å². The zero-order chi connectivity index (χ0) is 51.8. The summed E-state index contributed by atoms with van der Waals surface area (Å²) in [5, 5.41) is 10.2. The molecule has 5 heterocycles. The lowest BCUT2D eigenvalue weighted by Crippen LogP contribution is -2.26. The molecule has 2 saturated heterocycles. The molecule has 2 fully saturated rings. The molecule has 0 unspecified atom stereocenters. The molecule has 2 aromatic heterocycles. The van der Waals surface area contributed by atoms with Crippen molar-refractivity contribution in [3.63, 3.8) is 0 Å². The lowest BCUT2D eigenvalue weighted by atomic mass is 9.88. The Bertz CT molecular complexity index is 3340. The van der Waals surface area contributed by atoms with Gasteiger partial charge in [-0.2, -0.15) is 9.97 Å². The number of nitrogens with zero attached hydrogens (tertiary/aromatic N) is 5. The number of aromatic amines is 1. The third kappa shape index (κ3) is 6.75. The van der Waals surface area contributed by atoms with Gasteiger partial charge in [-0.15, -0.1) is 0 Å². The number of nitrogens with one attached hydrogen (secondary N) is 1. The van der Waals surface area contributed by atoms with E-state index in [1.165, 1.54) is 36.7 Å². The van der Waals surface area contributed by atoms with Gasteiger partial charge in [0.25, 0.3) is 0 Å². The number of nitrogens with two attached hydrogens (primary N) is 1. The van der Waals surface area contributed by atoms with Crippen molar-refractivity contribution < 1.29 is 45.8 Å². The summed E-state index contributed by atoms with van der Waals surface area (Å²) >= 11 is 0. The van der Waals surface area contributed by atoms with Crippen molar-refractivity contribution in [2.75, 3.05) is 36.6 Å². The quantitative estimate of drug-likeness (QED) is 0.0778. The van der Waals surface area contributed by atoms with Crippen molar-refractivity contribution in [2.24, 2.45) is 0 Å². The predicted molar refractivity (Wildman–Crippen MR) is 210 cm³/mol. The zero-order valence-corrected chi connectivity index (χ0v) is 28.6. The first-order valence-corrected chi connectivity index (χ1v) is 16.9. The van der Waals surface area contributed by atoms with Crippen LogP contribution in [0.5, 0.6) is 5.88 Å². The maximum atomic E-state index is 14.0. The third-order valence-electron chi connectivity index (χ3n) is 9.15. The summed E-state index contributed by atoms with van der Waals surface area (Å²) in [6.07, 6.45) is -12.0. The lowest BCUT2D eigenvalue weighted by molar-refractivity contribution is 0.0697. The largest absolute Gasteiger partial charge is 0.478 e. The van der Waals surface area contributed by atoms with Crippen LogP contribution in [-0.4, -0.2) is 62.8 Å². The number of ether oxygens (including phenoxy) is 1. The van der Waals surface area contributed by atoms with E-state index in [0.29, 0.717) is 11.2 Å². The van der Waals surface area contributed by atoms with Gasteiger partial charge in [-0.1, -0.05) is 30.3 Å². The van der Waals surface area contributed by atoms with Crippen molar-refractivity contribution >= 4 is 45.5 Å². The Kier molecular flexibility index (Phi) is 5.42. The summed E-state index contributed by atoms with van der Waals surface area (Å²) in [5.41, 5.74) is 7.22. The molecule has 4 aliphatic rings. The normalized spacial score (nSPS) is 26.0. The maximum Gasteiger partial charge on any atom is 0.336 e. The molecule has 0 radical (unpaired) electrons. The molecule has 9 rings (SSSR count). The van der Waals surface area contributed by atoms with E-state index in [9.17, 15) is 14.7 Å². The van der Waals surface area contributed by atoms with Crippen LogP contribution in [0.2, 0.25) is 0 Å². The number of benzene rings is 4. The Balaban J connectivity index is 1.14. The highest BCUT2D eigenvalue weighted by molar-refractivity contribution is 6.09. The van der Waals surface area contributed by atoms with Crippen molar-refractivity contribution in [1.82, 2.24) is 24.5 Å². The summed E-state index contributed by atoms with van der Waals surface area (Å²) in [6.45, 7) is -13.2. The maximum absolute atomic E-state index is 14.0. The first kappa shape index (κ1) is 20.8. The Morgan fingerprint density at radius 1 is 0.927 bits per heavy atom. The van der Waals surface area contributed by atoms with E-state index in [-0.39, 0.29) is 85.3 Å². The van der Waals surface area contributed by atoms with Gasteiger partial charge in [0.2, 0.25) is 17.2 Å². The number of imidazole rings is 1. The number of ketones is 1. The van der Waals surface area contributed by atoms with Gasteiger partial charge in [-0.05, 0) is 66.2 Å². The van der Waals surface area contributed by atoms with E-state index in [1.54, 1.807) is 12.1 Å². The number of H-pyrrole nitrogens is 1. The molecule has 0 spiro atoms. The number of carbonyl (C=O) groups excluding carboxylic acids is 1. The number of hydrogen-bond donors (Lipinski definition) is 3. The van der Waals surface area contributed by atoms with Gasteiger partial charge in [-0.25, -0.2) is 14.4 Å². The third-order valence-corrected chi connectivity index (χ3v) is 9.15. The topological polar surface area (TPSA) is 163 Å². The predicted octanol–water partition coefficient (Wildman–Crippen LogP) is 6.71. The minimum absolute atomic E-state index is 0.0110. The Morgan fingerprint density at radius 2 is 1.73 bits per heavy atom. The minimum Gasteiger partial charge on any atom is -0.478 e. The zero-order valence-electron chi connectivity index (χ0n) is 44.6. The van der Waals surface area contributed by atoms with Gasteiger partial charge in [0, 0.05) is 88.5 Å². The molecular formula is C43H40N7O5+. The molecule has 1 aliphatic carbocycles. The van der Waals surface area contributed by atoms with Gasteiger partial charge in [0.1, 0.15) is 41.9 Å². The number of aromatic nitrogens is 4. The van der Waals surface area contributed by atoms with Gasteiger partial charge in [0.05, 0.1) is 18.0 Å². The van der Waals surface area contributed by atoms with Gasteiger partial charge in [0.15, 0.2) is 11.4 Å². The summed E-state index contributed by atoms with van der Waals surface area (Å²) in [4.78, 5) is 42.4. The Hall–Kier alpha value is -6.56. The number of fused-ring (bicyclic) bond motifs is 3. The Labute approximate surface area is 338 Å². The second-order valence-electron chi connectivity index (χ2n) is 12.5. The molecule has 0 atom stereocenters. The molecule has 0 amide bonds. The van der Waals surface area contributed by atoms with Crippen LogP contribution in [-0.2, 0) is 13.0 Å². The van der Waals surface area contributed by atoms with E-state index < -0.39 is 74.3 Å². The molecule has 12 heteroatoms. The average Bonchev–Trinajstić information content (AvgIpc) is 3.81. The number of rotatable bonds is 10. The van der Waals surface area contributed by atoms with E-state index in [4.69, 9.17) is 36.8 Å². The SMILES string of the molecule is [2H]C1([2H])N(c2ccc3c(-c4cc(C(=O)CCc5ccc(COc6nc(N)nc7nc[nH]c67)cc5)ccc4C(=O)O)c4ccc(=[N+]5C([2H])([2H])C([2H])([2H])C([2H])([2H])C5([2H])[2H])cc-4oc3c2)C([2H])([2H])C([2H])([2H])C1([2H])[2H]. The number of anilines is 2. The average molecular weight is 751 g/mol. The summed E-state index contributed by atoms with van der Waals surface area (Å²) in [5.74, 6) is -1.92. The van der Waals surface area contributed by atoms with Crippen LogP contribution in [0, 0.1) is 0 Å². The lowest BCUT2D eigenvalue weighted by Gasteiger charge is -2.21. The van der Waals surface area contributed by atoms with E-state index in [0.717, 1.165) is 35.4 Å². The van der Waals surface area contributed by atoms with E-state index in [2.05, 4.69) is 19.9 Å². The number of aryl methyl sites for hydroxylation is 1. The highest BCUT2D eigenvalue weighted by Crippen LogP contribution is 2.43. The molecule has 3 aromatic carbocycles. The van der Waals surface area contributed by atoms with Crippen LogP contribution in [0.4, 0.5) is 11.6 Å². The number of aromatic carboxylic acids is 1. The van der Waals surface area contributed by atoms with Crippen molar-refractivity contribution in [3.05, 3.63) is 113 Å². The molecule has 55 heavy (non-hydrogen) atoms. The van der Waals surface area contributed by atoms with Crippen LogP contribution < -0.4 is 25.3 Å². The van der Waals surface area contributed by atoms with Gasteiger partial charge < -0.3 is 29.9 Å². The second kappa shape index (κ2) is 14.3. The fraction of sp³-hybridized carbons (Fsp3) is 0.256. The van der Waals surface area contributed by atoms with Crippen LogP contribution in [0.25, 0.3) is 44.6 Å². The van der Waals surface area contributed by atoms with Crippen LogP contribution in [0.15, 0.2) is 89.6 Å². The number of carboxylic acids is 1. The molecule has 5 aromatic rings. The first-order chi connectivity index (χ1) is 32.9. The minimum atomic E-state index is -3.42. The second-order valence-corrected chi connectivity index (χ2v) is 12.5. The van der Waals surface area contributed by atoms with Crippen molar-refractivity contribution in [3.8, 4) is 28.3 Å². The highest BCUT2D eigenvalue weighted by Gasteiger charge is 2.25. The smallest absolute Gasteiger partial charge is 0.336 e. The molecule has 3 aliphatic heterocycles. The van der Waals surface area contributed by atoms with Crippen LogP contribution in [0.3, 0.4) is 0 Å². The molecule has 4 N–H and O–H groups in total. The molecule has 0 saturated carbocycles. The van der Waals surface area contributed by atoms with Gasteiger partial charge in [-0.3, -0.25) is 4.79 Å². The summed E-state index contributed by atoms with van der Waals surface area (Å²) < 4.78 is 148. The number of hydrogen-bond acceptors (Lipinski definition) is 9. The highest BCUT2D eigenvalue weighted by atomic mass is 16.5. The fourth-order valence-electron chi connectivity index (χ4n) is 6.48.